The van der Waals surface area contributed by atoms with Crippen LogP contribution < -0.4 is 5.32 Å². The van der Waals surface area contributed by atoms with Gasteiger partial charge >= 0.3 is 0 Å². The molecule has 0 saturated carbocycles. The maximum atomic E-state index is 5.56. The smallest absolute Gasteiger partial charge is 0.0534 e. The lowest BCUT2D eigenvalue weighted by Gasteiger charge is -2.25. The number of aryl methyl sites for hydroxylation is 1. The standard InChI is InChI=1S/C14H19NO/c1-3-11-5-6-12(9-14(11)15-7-1)13-4-2-8-16-10-13/h5-6,9,13,15H,1-4,7-8,10H2. The van der Waals surface area contributed by atoms with E-state index >= 15 is 0 Å². The highest BCUT2D eigenvalue weighted by Crippen LogP contribution is 2.30. The molecule has 0 amide bonds. The molecule has 1 saturated heterocycles. The summed E-state index contributed by atoms with van der Waals surface area (Å²) in [4.78, 5) is 0. The lowest BCUT2D eigenvalue weighted by atomic mass is 9.91. The van der Waals surface area contributed by atoms with Crippen LogP contribution in [0.25, 0.3) is 0 Å². The monoisotopic (exact) mass is 217 g/mol. The van der Waals surface area contributed by atoms with Crippen LogP contribution in [0.3, 0.4) is 0 Å². The van der Waals surface area contributed by atoms with E-state index in [4.69, 9.17) is 4.74 Å². The van der Waals surface area contributed by atoms with Crippen LogP contribution in [-0.2, 0) is 11.2 Å². The van der Waals surface area contributed by atoms with Gasteiger partial charge in [0.15, 0.2) is 0 Å². The largest absolute Gasteiger partial charge is 0.385 e. The van der Waals surface area contributed by atoms with E-state index in [-0.39, 0.29) is 0 Å². The Morgan fingerprint density at radius 3 is 3.12 bits per heavy atom. The second-order valence-electron chi connectivity index (χ2n) is 4.86. The van der Waals surface area contributed by atoms with Crippen molar-refractivity contribution in [1.29, 1.82) is 0 Å². The van der Waals surface area contributed by atoms with E-state index in [1.54, 1.807) is 0 Å². The average Bonchev–Trinajstić information content (AvgIpc) is 2.39. The lowest BCUT2D eigenvalue weighted by molar-refractivity contribution is 0.0804. The fourth-order valence-electron chi connectivity index (χ4n) is 2.74. The molecular formula is C14H19NO. The van der Waals surface area contributed by atoms with Gasteiger partial charge in [0.2, 0.25) is 0 Å². The normalized spacial score (nSPS) is 24.6. The number of ether oxygens (including phenoxy) is 1. The van der Waals surface area contributed by atoms with Gasteiger partial charge in [0.1, 0.15) is 0 Å². The molecule has 0 radical (unpaired) electrons. The summed E-state index contributed by atoms with van der Waals surface area (Å²) in [7, 11) is 0. The summed E-state index contributed by atoms with van der Waals surface area (Å²) in [6, 6.07) is 6.93. The van der Waals surface area contributed by atoms with E-state index in [9.17, 15) is 0 Å². The summed E-state index contributed by atoms with van der Waals surface area (Å²) in [5, 5.41) is 3.50. The number of hydrogen-bond donors (Lipinski definition) is 1. The summed E-state index contributed by atoms with van der Waals surface area (Å²) in [6.07, 6.45) is 4.97. The first-order valence-electron chi connectivity index (χ1n) is 6.38. The molecule has 0 aliphatic carbocycles. The molecule has 3 rings (SSSR count). The summed E-state index contributed by atoms with van der Waals surface area (Å²) < 4.78 is 5.56. The van der Waals surface area contributed by atoms with Gasteiger partial charge in [0, 0.05) is 24.8 Å². The zero-order chi connectivity index (χ0) is 10.8. The third kappa shape index (κ3) is 1.94. The fraction of sp³-hybridized carbons (Fsp3) is 0.571. The van der Waals surface area contributed by atoms with Crippen molar-refractivity contribution in [2.45, 2.75) is 31.6 Å². The molecule has 86 valence electrons. The molecule has 0 bridgehead atoms. The quantitative estimate of drug-likeness (QED) is 0.781. The van der Waals surface area contributed by atoms with Gasteiger partial charge in [-0.1, -0.05) is 12.1 Å². The van der Waals surface area contributed by atoms with Gasteiger partial charge in [-0.2, -0.15) is 0 Å². The topological polar surface area (TPSA) is 21.3 Å². The van der Waals surface area contributed by atoms with E-state index in [1.165, 1.54) is 42.5 Å². The molecule has 16 heavy (non-hydrogen) atoms. The van der Waals surface area contributed by atoms with Crippen LogP contribution in [0.5, 0.6) is 0 Å². The number of anilines is 1. The summed E-state index contributed by atoms with van der Waals surface area (Å²) >= 11 is 0. The Kier molecular flexibility index (Phi) is 2.83. The van der Waals surface area contributed by atoms with Crippen LogP contribution in [0.4, 0.5) is 5.69 Å². The number of nitrogens with one attached hydrogen (secondary N) is 1. The Bertz CT molecular complexity index is 369. The first-order chi connectivity index (χ1) is 7.93. The van der Waals surface area contributed by atoms with Crippen molar-refractivity contribution in [3.63, 3.8) is 0 Å². The Morgan fingerprint density at radius 1 is 1.25 bits per heavy atom. The molecule has 1 unspecified atom stereocenters. The van der Waals surface area contributed by atoms with Gasteiger partial charge in [-0.25, -0.2) is 0 Å². The molecule has 2 aliphatic heterocycles. The predicted octanol–water partition coefficient (Wildman–Crippen LogP) is 2.94. The molecule has 2 aliphatic rings. The highest BCUT2D eigenvalue weighted by Gasteiger charge is 2.17. The molecule has 0 aromatic heterocycles. The van der Waals surface area contributed by atoms with Crippen LogP contribution in [0, 0.1) is 0 Å². The van der Waals surface area contributed by atoms with Gasteiger partial charge < -0.3 is 10.1 Å². The summed E-state index contributed by atoms with van der Waals surface area (Å²) in [5.41, 5.74) is 4.29. The molecule has 0 spiro atoms. The number of hydrogen-bond acceptors (Lipinski definition) is 2. The van der Waals surface area contributed by atoms with E-state index in [0.717, 1.165) is 19.8 Å². The van der Waals surface area contributed by atoms with E-state index < -0.39 is 0 Å². The average molecular weight is 217 g/mol. The molecule has 2 nitrogen and oxygen atoms in total. The first kappa shape index (κ1) is 10.2. The molecule has 2 heterocycles. The number of benzene rings is 1. The summed E-state index contributed by atoms with van der Waals surface area (Å²) in [5.74, 6) is 0.614. The Balaban J connectivity index is 1.84. The highest BCUT2D eigenvalue weighted by molar-refractivity contribution is 5.55. The van der Waals surface area contributed by atoms with Crippen LogP contribution >= 0.6 is 0 Å². The molecular weight excluding hydrogens is 198 g/mol. The van der Waals surface area contributed by atoms with Gasteiger partial charge in [-0.05, 0) is 42.9 Å². The lowest BCUT2D eigenvalue weighted by Crippen LogP contribution is -2.17. The molecule has 1 aromatic carbocycles. The molecule has 1 N–H and O–H groups in total. The maximum absolute atomic E-state index is 5.56. The number of rotatable bonds is 1. The van der Waals surface area contributed by atoms with Crippen LogP contribution in [0.1, 0.15) is 36.3 Å². The second kappa shape index (κ2) is 4.46. The minimum Gasteiger partial charge on any atom is -0.385 e. The van der Waals surface area contributed by atoms with Crippen LogP contribution in [-0.4, -0.2) is 19.8 Å². The van der Waals surface area contributed by atoms with Crippen molar-refractivity contribution in [3.8, 4) is 0 Å². The van der Waals surface area contributed by atoms with Crippen molar-refractivity contribution in [2.24, 2.45) is 0 Å². The van der Waals surface area contributed by atoms with Crippen LogP contribution in [0.2, 0.25) is 0 Å². The number of fused-ring (bicyclic) bond motifs is 1. The zero-order valence-electron chi connectivity index (χ0n) is 9.67. The second-order valence-corrected chi connectivity index (χ2v) is 4.86. The van der Waals surface area contributed by atoms with Crippen molar-refractivity contribution in [1.82, 2.24) is 0 Å². The Hall–Kier alpha value is -1.02. The molecule has 2 heteroatoms. The SMILES string of the molecule is c1cc2c(cc1C1CCCOC1)NCCC2. The minimum atomic E-state index is 0.614. The zero-order valence-corrected chi connectivity index (χ0v) is 9.67. The maximum Gasteiger partial charge on any atom is 0.0534 e. The van der Waals surface area contributed by atoms with E-state index in [0.29, 0.717) is 5.92 Å². The van der Waals surface area contributed by atoms with Crippen molar-refractivity contribution >= 4 is 5.69 Å². The fourth-order valence-corrected chi connectivity index (χ4v) is 2.74. The van der Waals surface area contributed by atoms with Gasteiger partial charge in [-0.15, -0.1) is 0 Å². The highest BCUT2D eigenvalue weighted by atomic mass is 16.5. The molecule has 1 fully saturated rings. The third-order valence-corrected chi connectivity index (χ3v) is 3.70. The van der Waals surface area contributed by atoms with Crippen molar-refractivity contribution in [2.75, 3.05) is 25.1 Å². The Labute approximate surface area is 97.0 Å². The van der Waals surface area contributed by atoms with E-state index in [2.05, 4.69) is 23.5 Å². The Morgan fingerprint density at radius 2 is 2.25 bits per heavy atom. The van der Waals surface area contributed by atoms with Gasteiger partial charge in [-0.3, -0.25) is 0 Å². The van der Waals surface area contributed by atoms with Crippen LogP contribution in [0.15, 0.2) is 18.2 Å². The van der Waals surface area contributed by atoms with Crippen molar-refractivity contribution in [3.05, 3.63) is 29.3 Å². The molecule has 1 atom stereocenters. The van der Waals surface area contributed by atoms with Gasteiger partial charge in [0.25, 0.3) is 0 Å². The summed E-state index contributed by atoms with van der Waals surface area (Å²) in [6.45, 7) is 2.97. The van der Waals surface area contributed by atoms with Gasteiger partial charge in [0.05, 0.1) is 6.61 Å². The minimum absolute atomic E-state index is 0.614. The molecule has 1 aromatic rings. The third-order valence-electron chi connectivity index (χ3n) is 3.70. The van der Waals surface area contributed by atoms with Crippen molar-refractivity contribution < 1.29 is 4.74 Å². The predicted molar refractivity (Wildman–Crippen MR) is 66.0 cm³/mol. The van der Waals surface area contributed by atoms with E-state index in [1.807, 2.05) is 0 Å². The first-order valence-corrected chi connectivity index (χ1v) is 6.38.